The van der Waals surface area contributed by atoms with Gasteiger partial charge in [-0.2, -0.15) is 0 Å². The predicted molar refractivity (Wildman–Crippen MR) is 68.8 cm³/mol. The number of alkyl halides is 1. The highest BCUT2D eigenvalue weighted by atomic mass is 79.9. The fourth-order valence-electron chi connectivity index (χ4n) is 3.06. The van der Waals surface area contributed by atoms with E-state index in [1.807, 2.05) is 0 Å². The summed E-state index contributed by atoms with van der Waals surface area (Å²) in [6.07, 6.45) is 5.66. The summed E-state index contributed by atoms with van der Waals surface area (Å²) < 4.78 is 0. The molecular formula is C12H21BrN2O. The largest absolute Gasteiger partial charge is 0.337 e. The molecule has 1 saturated heterocycles. The first-order valence-electron chi connectivity index (χ1n) is 6.19. The Bertz CT molecular complexity index is 270. The minimum atomic E-state index is 0.334. The first-order valence-corrected chi connectivity index (χ1v) is 7.11. The molecule has 0 N–H and O–H groups in total. The van der Waals surface area contributed by atoms with Crippen molar-refractivity contribution in [3.05, 3.63) is 0 Å². The monoisotopic (exact) mass is 288 g/mol. The third-order valence-electron chi connectivity index (χ3n) is 3.87. The van der Waals surface area contributed by atoms with Gasteiger partial charge in [0.1, 0.15) is 0 Å². The van der Waals surface area contributed by atoms with Gasteiger partial charge in [-0.3, -0.25) is 4.79 Å². The lowest BCUT2D eigenvalue weighted by molar-refractivity contribution is -0.131. The van der Waals surface area contributed by atoms with Crippen molar-refractivity contribution < 1.29 is 4.79 Å². The van der Waals surface area contributed by atoms with Crippen molar-refractivity contribution in [1.82, 2.24) is 9.80 Å². The summed E-state index contributed by atoms with van der Waals surface area (Å²) in [5.41, 5.74) is 0. The summed E-state index contributed by atoms with van der Waals surface area (Å²) in [7, 11) is 4.27. The Morgan fingerprint density at radius 1 is 1.31 bits per heavy atom. The molecule has 1 aliphatic heterocycles. The summed E-state index contributed by atoms with van der Waals surface area (Å²) in [6.45, 7) is 0.897. The molecule has 2 fully saturated rings. The zero-order valence-corrected chi connectivity index (χ0v) is 11.7. The van der Waals surface area contributed by atoms with E-state index < -0.39 is 0 Å². The van der Waals surface area contributed by atoms with E-state index in [1.165, 1.54) is 25.7 Å². The van der Waals surface area contributed by atoms with Gasteiger partial charge >= 0.3 is 0 Å². The van der Waals surface area contributed by atoms with Gasteiger partial charge in [-0.05, 0) is 26.9 Å². The third-order valence-corrected chi connectivity index (χ3v) is 4.48. The number of amides is 1. The van der Waals surface area contributed by atoms with Crippen molar-refractivity contribution in [3.63, 3.8) is 0 Å². The second-order valence-electron chi connectivity index (χ2n) is 5.23. The molecular weight excluding hydrogens is 268 g/mol. The molecule has 0 aromatic rings. The summed E-state index contributed by atoms with van der Waals surface area (Å²) in [6, 6.07) is 0.995. The van der Waals surface area contributed by atoms with Crippen LogP contribution in [0.25, 0.3) is 0 Å². The first-order chi connectivity index (χ1) is 7.59. The van der Waals surface area contributed by atoms with Crippen molar-refractivity contribution in [2.24, 2.45) is 0 Å². The summed E-state index contributed by atoms with van der Waals surface area (Å²) in [5, 5.41) is 0. The normalized spacial score (nSPS) is 36.1. The van der Waals surface area contributed by atoms with Crippen LogP contribution >= 0.6 is 15.9 Å². The molecule has 1 heterocycles. The number of carbonyl (C=O) groups is 1. The van der Waals surface area contributed by atoms with E-state index >= 15 is 0 Å². The standard InChI is InChI=1S/C12H21BrN2O/c1-14(2)10-5-3-4-6-11(10)15-8-9(13)7-12(15)16/h9-11H,3-8H2,1-2H3/t9?,10-,11-/m0/s1. The number of nitrogens with zero attached hydrogens (tertiary/aromatic N) is 2. The highest BCUT2D eigenvalue weighted by molar-refractivity contribution is 9.09. The van der Waals surface area contributed by atoms with E-state index in [-0.39, 0.29) is 0 Å². The lowest BCUT2D eigenvalue weighted by Gasteiger charge is -2.41. The molecule has 2 rings (SSSR count). The predicted octanol–water partition coefficient (Wildman–Crippen LogP) is 1.85. The van der Waals surface area contributed by atoms with Gasteiger partial charge in [-0.15, -0.1) is 0 Å². The highest BCUT2D eigenvalue weighted by Crippen LogP contribution is 2.30. The zero-order valence-electron chi connectivity index (χ0n) is 10.2. The molecule has 3 atom stereocenters. The molecule has 0 bridgehead atoms. The Balaban J connectivity index is 2.08. The van der Waals surface area contributed by atoms with E-state index in [2.05, 4.69) is 39.8 Å². The minimum absolute atomic E-state index is 0.334. The molecule has 1 saturated carbocycles. The van der Waals surface area contributed by atoms with Gasteiger partial charge in [0.25, 0.3) is 0 Å². The van der Waals surface area contributed by atoms with Crippen LogP contribution in [0.1, 0.15) is 32.1 Å². The maximum atomic E-state index is 11.9. The molecule has 0 radical (unpaired) electrons. The molecule has 0 spiro atoms. The van der Waals surface area contributed by atoms with Crippen LogP contribution in [0.2, 0.25) is 0 Å². The van der Waals surface area contributed by atoms with Gasteiger partial charge in [0, 0.05) is 29.9 Å². The van der Waals surface area contributed by atoms with Crippen molar-refractivity contribution in [3.8, 4) is 0 Å². The number of carbonyl (C=O) groups excluding carboxylic acids is 1. The SMILES string of the molecule is CN(C)[C@H]1CCCC[C@@H]1N1CC(Br)CC1=O. The molecule has 1 aliphatic carbocycles. The summed E-state index contributed by atoms with van der Waals surface area (Å²) in [5.74, 6) is 0.334. The van der Waals surface area contributed by atoms with Crippen LogP contribution in [0.4, 0.5) is 0 Å². The van der Waals surface area contributed by atoms with E-state index in [9.17, 15) is 4.79 Å². The highest BCUT2D eigenvalue weighted by Gasteiger charge is 2.38. The second kappa shape index (κ2) is 5.05. The number of hydrogen-bond acceptors (Lipinski definition) is 2. The molecule has 92 valence electrons. The maximum Gasteiger partial charge on any atom is 0.224 e. The van der Waals surface area contributed by atoms with Crippen molar-refractivity contribution >= 4 is 21.8 Å². The lowest BCUT2D eigenvalue weighted by atomic mass is 9.88. The Morgan fingerprint density at radius 3 is 2.56 bits per heavy atom. The maximum absolute atomic E-state index is 11.9. The molecule has 1 unspecified atom stereocenters. The number of hydrogen-bond donors (Lipinski definition) is 0. The Hall–Kier alpha value is -0.0900. The van der Waals surface area contributed by atoms with Gasteiger partial charge in [-0.25, -0.2) is 0 Å². The number of likely N-dealkylation sites (N-methyl/N-ethyl adjacent to an activating group) is 1. The quantitative estimate of drug-likeness (QED) is 0.724. The topological polar surface area (TPSA) is 23.6 Å². The van der Waals surface area contributed by atoms with Crippen LogP contribution in [0.15, 0.2) is 0 Å². The molecule has 3 nitrogen and oxygen atoms in total. The van der Waals surface area contributed by atoms with Crippen LogP contribution in [-0.2, 0) is 4.79 Å². The van der Waals surface area contributed by atoms with Crippen LogP contribution in [-0.4, -0.2) is 53.3 Å². The summed E-state index contributed by atoms with van der Waals surface area (Å²) in [4.78, 5) is 16.7. The smallest absolute Gasteiger partial charge is 0.224 e. The van der Waals surface area contributed by atoms with Crippen molar-refractivity contribution in [2.45, 2.75) is 49.0 Å². The van der Waals surface area contributed by atoms with Crippen molar-refractivity contribution in [1.29, 1.82) is 0 Å². The van der Waals surface area contributed by atoms with E-state index in [0.717, 1.165) is 6.54 Å². The Morgan fingerprint density at radius 2 is 2.00 bits per heavy atom. The van der Waals surface area contributed by atoms with E-state index in [0.29, 0.717) is 29.2 Å². The zero-order chi connectivity index (χ0) is 11.7. The van der Waals surface area contributed by atoms with Crippen LogP contribution < -0.4 is 0 Å². The average Bonchev–Trinajstić information content (AvgIpc) is 2.57. The molecule has 16 heavy (non-hydrogen) atoms. The van der Waals surface area contributed by atoms with Crippen molar-refractivity contribution in [2.75, 3.05) is 20.6 Å². The minimum Gasteiger partial charge on any atom is -0.337 e. The third kappa shape index (κ3) is 2.43. The van der Waals surface area contributed by atoms with Crippen LogP contribution in [0.5, 0.6) is 0 Å². The average molecular weight is 289 g/mol. The van der Waals surface area contributed by atoms with E-state index in [1.54, 1.807) is 0 Å². The molecule has 1 amide bonds. The number of halogens is 1. The summed E-state index contributed by atoms with van der Waals surface area (Å²) >= 11 is 3.57. The van der Waals surface area contributed by atoms with Crippen LogP contribution in [0.3, 0.4) is 0 Å². The Labute approximate surface area is 106 Å². The number of rotatable bonds is 2. The van der Waals surface area contributed by atoms with Crippen LogP contribution in [0, 0.1) is 0 Å². The fraction of sp³-hybridized carbons (Fsp3) is 0.917. The Kier molecular flexibility index (Phi) is 3.90. The van der Waals surface area contributed by atoms with Gasteiger partial charge < -0.3 is 9.80 Å². The van der Waals surface area contributed by atoms with Gasteiger partial charge in [-0.1, -0.05) is 28.8 Å². The van der Waals surface area contributed by atoms with E-state index in [4.69, 9.17) is 0 Å². The molecule has 0 aromatic heterocycles. The van der Waals surface area contributed by atoms with Gasteiger partial charge in [0.05, 0.1) is 0 Å². The van der Waals surface area contributed by atoms with Gasteiger partial charge in [0.2, 0.25) is 5.91 Å². The molecule has 4 heteroatoms. The first kappa shape index (κ1) is 12.4. The molecule has 0 aromatic carbocycles. The number of likely N-dealkylation sites (tertiary alicyclic amines) is 1. The van der Waals surface area contributed by atoms with Gasteiger partial charge in [0.15, 0.2) is 0 Å². The molecule has 2 aliphatic rings. The fourth-order valence-corrected chi connectivity index (χ4v) is 3.65. The lowest BCUT2D eigenvalue weighted by Crippen LogP contribution is -2.51. The second-order valence-corrected chi connectivity index (χ2v) is 6.53.